The predicted molar refractivity (Wildman–Crippen MR) is 70.1 cm³/mol. The zero-order chi connectivity index (χ0) is 13.6. The van der Waals surface area contributed by atoms with Crippen LogP contribution in [-0.4, -0.2) is 39.7 Å². The fourth-order valence-electron chi connectivity index (χ4n) is 1.44. The van der Waals surface area contributed by atoms with Crippen molar-refractivity contribution in [1.29, 1.82) is 0 Å². The van der Waals surface area contributed by atoms with Gasteiger partial charge in [0.15, 0.2) is 5.03 Å². The molecule has 18 heavy (non-hydrogen) atoms. The molecule has 0 saturated carbocycles. The van der Waals surface area contributed by atoms with Crippen LogP contribution in [0.2, 0.25) is 0 Å². The normalized spacial score (nSPS) is 13.3. The number of hydrogen-bond donors (Lipinski definition) is 2. The van der Waals surface area contributed by atoms with E-state index in [1.807, 2.05) is 6.92 Å². The van der Waals surface area contributed by atoms with Gasteiger partial charge in [-0.25, -0.2) is 18.1 Å². The number of nitrogens with zero attached hydrogens (tertiary/aromatic N) is 1. The maximum Gasteiger partial charge on any atom is 0.260 e. The van der Waals surface area contributed by atoms with Crippen LogP contribution in [0.1, 0.15) is 13.8 Å². The van der Waals surface area contributed by atoms with Crippen molar-refractivity contribution < 1.29 is 13.2 Å². The molecule has 1 rings (SSSR count). The molecule has 1 aromatic rings. The van der Waals surface area contributed by atoms with E-state index >= 15 is 0 Å². The Labute approximate surface area is 108 Å². The van der Waals surface area contributed by atoms with Crippen LogP contribution < -0.4 is 10.0 Å². The van der Waals surface area contributed by atoms with Crippen LogP contribution in [0, 0.1) is 0 Å². The summed E-state index contributed by atoms with van der Waals surface area (Å²) in [6, 6.07) is 3.03. The van der Waals surface area contributed by atoms with Crippen LogP contribution in [0.3, 0.4) is 0 Å². The molecule has 7 heteroatoms. The summed E-state index contributed by atoms with van der Waals surface area (Å²) in [5.74, 6) is 0. The van der Waals surface area contributed by atoms with Gasteiger partial charge in [0.2, 0.25) is 0 Å². The minimum atomic E-state index is -3.64. The monoisotopic (exact) mass is 273 g/mol. The predicted octanol–water partition coefficient (Wildman–Crippen LogP) is 0.827. The molecule has 6 nitrogen and oxygen atoms in total. The fourth-order valence-corrected chi connectivity index (χ4v) is 2.81. The van der Waals surface area contributed by atoms with E-state index in [1.54, 1.807) is 26.1 Å². The number of sulfonamides is 1. The van der Waals surface area contributed by atoms with Gasteiger partial charge < -0.3 is 10.1 Å². The second-order valence-corrected chi connectivity index (χ2v) is 5.42. The molecule has 0 fully saturated rings. The lowest BCUT2D eigenvalue weighted by Gasteiger charge is -2.15. The number of nitrogens with one attached hydrogen (secondary N) is 2. The van der Waals surface area contributed by atoms with E-state index in [9.17, 15) is 8.42 Å². The van der Waals surface area contributed by atoms with E-state index in [1.165, 1.54) is 6.20 Å². The van der Waals surface area contributed by atoms with Gasteiger partial charge in [0.25, 0.3) is 10.0 Å². The minimum Gasteiger partial charge on any atom is -0.386 e. The molecule has 1 aromatic heterocycles. The topological polar surface area (TPSA) is 80.3 Å². The van der Waals surface area contributed by atoms with Crippen molar-refractivity contribution in [3.63, 3.8) is 0 Å². The molecule has 0 radical (unpaired) electrons. The van der Waals surface area contributed by atoms with Crippen molar-refractivity contribution in [2.24, 2.45) is 0 Å². The number of pyridine rings is 1. The van der Waals surface area contributed by atoms with Crippen molar-refractivity contribution >= 4 is 15.7 Å². The van der Waals surface area contributed by atoms with Crippen molar-refractivity contribution in [3.8, 4) is 0 Å². The first-order chi connectivity index (χ1) is 8.51. The lowest BCUT2D eigenvalue weighted by Crippen LogP contribution is -2.36. The maximum atomic E-state index is 12.1. The summed E-state index contributed by atoms with van der Waals surface area (Å²) in [5, 5.41) is 2.80. The van der Waals surface area contributed by atoms with Gasteiger partial charge in [-0.2, -0.15) is 0 Å². The van der Waals surface area contributed by atoms with Gasteiger partial charge in [-0.1, -0.05) is 0 Å². The van der Waals surface area contributed by atoms with Gasteiger partial charge in [-0.3, -0.25) is 0 Å². The fraction of sp³-hybridized carbons (Fsp3) is 0.545. The van der Waals surface area contributed by atoms with E-state index in [-0.39, 0.29) is 11.1 Å². The highest BCUT2D eigenvalue weighted by Gasteiger charge is 2.21. The Bertz CT molecular complexity index is 476. The summed E-state index contributed by atoms with van der Waals surface area (Å²) in [7, 11) is -1.98. The number of hydrogen-bond acceptors (Lipinski definition) is 5. The molecule has 102 valence electrons. The molecule has 2 N–H and O–H groups in total. The van der Waals surface area contributed by atoms with Crippen LogP contribution in [0.4, 0.5) is 5.69 Å². The van der Waals surface area contributed by atoms with Gasteiger partial charge in [0.1, 0.15) is 0 Å². The van der Waals surface area contributed by atoms with Crippen molar-refractivity contribution in [2.45, 2.75) is 24.9 Å². The zero-order valence-corrected chi connectivity index (χ0v) is 11.6. The third-order valence-electron chi connectivity index (χ3n) is 2.22. The highest BCUT2D eigenvalue weighted by molar-refractivity contribution is 7.89. The van der Waals surface area contributed by atoms with E-state index < -0.39 is 10.0 Å². The van der Waals surface area contributed by atoms with Gasteiger partial charge in [-0.05, 0) is 26.0 Å². The molecule has 0 amide bonds. The van der Waals surface area contributed by atoms with Crippen LogP contribution in [0.5, 0.6) is 0 Å². The molecule has 0 saturated heterocycles. The molecule has 0 aromatic carbocycles. The molecule has 0 bridgehead atoms. The molecule has 1 atom stereocenters. The SMILES string of the molecule is CCOCC(C)NS(=O)(=O)c1ncccc1NC. The summed E-state index contributed by atoms with van der Waals surface area (Å²) < 4.78 is 31.9. The zero-order valence-electron chi connectivity index (χ0n) is 10.8. The number of anilines is 1. The van der Waals surface area contributed by atoms with Gasteiger partial charge in [0.05, 0.1) is 12.3 Å². The molecular weight excluding hydrogens is 254 g/mol. The van der Waals surface area contributed by atoms with E-state index in [2.05, 4.69) is 15.0 Å². The Hall–Kier alpha value is -1.18. The Kier molecular flexibility index (Phi) is 5.52. The van der Waals surface area contributed by atoms with Crippen LogP contribution in [-0.2, 0) is 14.8 Å². The Balaban J connectivity index is 2.86. The standard InChI is InChI=1S/C11H19N3O3S/c1-4-17-8-9(2)14-18(15,16)11-10(12-3)6-5-7-13-11/h5-7,9,12,14H,4,8H2,1-3H3. The van der Waals surface area contributed by atoms with Crippen molar-refractivity contribution in [2.75, 3.05) is 25.6 Å². The maximum absolute atomic E-state index is 12.1. The highest BCUT2D eigenvalue weighted by Crippen LogP contribution is 2.17. The lowest BCUT2D eigenvalue weighted by atomic mass is 10.4. The molecule has 1 unspecified atom stereocenters. The van der Waals surface area contributed by atoms with E-state index in [4.69, 9.17) is 4.74 Å². The third kappa shape index (κ3) is 3.94. The second kappa shape index (κ2) is 6.67. The van der Waals surface area contributed by atoms with E-state index in [0.717, 1.165) is 0 Å². The Morgan fingerprint density at radius 2 is 2.22 bits per heavy atom. The minimum absolute atomic E-state index is 0.00384. The van der Waals surface area contributed by atoms with Gasteiger partial charge >= 0.3 is 0 Å². The first-order valence-electron chi connectivity index (χ1n) is 5.74. The van der Waals surface area contributed by atoms with Crippen molar-refractivity contribution in [3.05, 3.63) is 18.3 Å². The summed E-state index contributed by atoms with van der Waals surface area (Å²) in [6.45, 7) is 4.49. The Morgan fingerprint density at radius 3 is 2.83 bits per heavy atom. The molecule has 0 aliphatic rings. The van der Waals surface area contributed by atoms with Gasteiger partial charge in [-0.15, -0.1) is 0 Å². The quantitative estimate of drug-likeness (QED) is 0.769. The molecule has 0 aliphatic heterocycles. The van der Waals surface area contributed by atoms with Crippen LogP contribution >= 0.6 is 0 Å². The second-order valence-electron chi connectivity index (χ2n) is 3.79. The van der Waals surface area contributed by atoms with Crippen molar-refractivity contribution in [1.82, 2.24) is 9.71 Å². The summed E-state index contributed by atoms with van der Waals surface area (Å²) in [4.78, 5) is 3.90. The summed E-state index contributed by atoms with van der Waals surface area (Å²) in [6.07, 6.45) is 1.45. The largest absolute Gasteiger partial charge is 0.386 e. The molecule has 0 spiro atoms. The number of rotatable bonds is 7. The third-order valence-corrected chi connectivity index (χ3v) is 3.77. The Morgan fingerprint density at radius 1 is 1.50 bits per heavy atom. The van der Waals surface area contributed by atoms with Gasteiger partial charge in [0, 0.05) is 25.9 Å². The first-order valence-corrected chi connectivity index (χ1v) is 7.22. The molecule has 1 heterocycles. The molecular formula is C11H19N3O3S. The number of aromatic nitrogens is 1. The average molecular weight is 273 g/mol. The highest BCUT2D eigenvalue weighted by atomic mass is 32.2. The van der Waals surface area contributed by atoms with E-state index in [0.29, 0.717) is 18.9 Å². The summed E-state index contributed by atoms with van der Waals surface area (Å²) >= 11 is 0. The average Bonchev–Trinajstić information content (AvgIpc) is 2.35. The van der Waals surface area contributed by atoms with Crippen LogP contribution in [0.15, 0.2) is 23.4 Å². The lowest BCUT2D eigenvalue weighted by molar-refractivity contribution is 0.133. The molecule has 0 aliphatic carbocycles. The summed E-state index contributed by atoms with van der Waals surface area (Å²) in [5.41, 5.74) is 0.466. The first kappa shape index (κ1) is 14.9. The number of ether oxygens (including phenoxy) is 1. The smallest absolute Gasteiger partial charge is 0.260 e. The van der Waals surface area contributed by atoms with Crippen LogP contribution in [0.25, 0.3) is 0 Å².